The monoisotopic (exact) mass is 350 g/mol. The Morgan fingerprint density at radius 3 is 2.65 bits per heavy atom. The number of nitrogens with zero attached hydrogens (tertiary/aromatic N) is 1. The Morgan fingerprint density at radius 1 is 1.15 bits per heavy atom. The predicted octanol–water partition coefficient (Wildman–Crippen LogP) is 2.96. The molecule has 1 atom stereocenters. The van der Waals surface area contributed by atoms with E-state index in [0.29, 0.717) is 18.3 Å². The molecule has 6 nitrogen and oxygen atoms in total. The molecular formula is C20H22N4O2. The lowest BCUT2D eigenvalue weighted by molar-refractivity contribution is 0.0972. The molecule has 3 aromatic rings. The minimum atomic E-state index is -0.580. The maximum Gasteiger partial charge on any atom is 0.284 e. The molecule has 0 bridgehead atoms. The maximum absolute atomic E-state index is 11.1. The second-order valence-electron chi connectivity index (χ2n) is 5.99. The van der Waals surface area contributed by atoms with Crippen LogP contribution in [0.15, 0.2) is 64.0 Å². The van der Waals surface area contributed by atoms with Crippen molar-refractivity contribution in [2.24, 2.45) is 10.7 Å². The van der Waals surface area contributed by atoms with Gasteiger partial charge in [0, 0.05) is 7.05 Å². The van der Waals surface area contributed by atoms with Crippen molar-refractivity contribution in [1.29, 1.82) is 0 Å². The summed E-state index contributed by atoms with van der Waals surface area (Å²) in [4.78, 5) is 15.3. The van der Waals surface area contributed by atoms with Crippen molar-refractivity contribution in [3.63, 3.8) is 0 Å². The third kappa shape index (κ3) is 3.85. The Balaban J connectivity index is 1.68. The van der Waals surface area contributed by atoms with Crippen molar-refractivity contribution in [2.75, 3.05) is 7.05 Å². The number of fused-ring (bicyclic) bond motifs is 1. The van der Waals surface area contributed by atoms with E-state index in [0.717, 1.165) is 0 Å². The van der Waals surface area contributed by atoms with Crippen molar-refractivity contribution in [2.45, 2.75) is 19.5 Å². The van der Waals surface area contributed by atoms with E-state index in [1.807, 2.05) is 12.1 Å². The number of nitrogens with one attached hydrogen (secondary N) is 2. The molecule has 0 saturated carbocycles. The van der Waals surface area contributed by atoms with Crippen molar-refractivity contribution in [3.05, 3.63) is 71.7 Å². The first kappa shape index (κ1) is 17.5. The van der Waals surface area contributed by atoms with Gasteiger partial charge in [0.05, 0.1) is 12.6 Å². The standard InChI is InChI=1S/C20H22N4O2/c1-13(16-9-5-7-14-6-3-4-8-17(14)16)24-20(22-2)23-12-15-10-11-18(26-15)19(21)25/h3-11,13H,12H2,1-2H3,(H2,21,25)(H2,22,23,24). The molecule has 2 aromatic carbocycles. The molecule has 0 radical (unpaired) electrons. The summed E-state index contributed by atoms with van der Waals surface area (Å²) < 4.78 is 5.37. The smallest absolute Gasteiger partial charge is 0.284 e. The first-order chi connectivity index (χ1) is 12.6. The highest BCUT2D eigenvalue weighted by atomic mass is 16.3. The lowest BCUT2D eigenvalue weighted by Crippen LogP contribution is -2.38. The van der Waals surface area contributed by atoms with Crippen molar-refractivity contribution < 1.29 is 9.21 Å². The van der Waals surface area contributed by atoms with Gasteiger partial charge in [-0.25, -0.2) is 0 Å². The fourth-order valence-electron chi connectivity index (χ4n) is 2.88. The van der Waals surface area contributed by atoms with Gasteiger partial charge in [-0.2, -0.15) is 0 Å². The molecule has 1 amide bonds. The molecule has 1 aromatic heterocycles. The molecule has 1 heterocycles. The van der Waals surface area contributed by atoms with Gasteiger partial charge in [0.25, 0.3) is 5.91 Å². The molecular weight excluding hydrogens is 328 g/mol. The van der Waals surface area contributed by atoms with Crippen LogP contribution in [0.5, 0.6) is 0 Å². The van der Waals surface area contributed by atoms with Crippen LogP contribution in [0.3, 0.4) is 0 Å². The summed E-state index contributed by atoms with van der Waals surface area (Å²) in [5, 5.41) is 8.98. The lowest BCUT2D eigenvalue weighted by atomic mass is 10.00. The Labute approximate surface area is 152 Å². The highest BCUT2D eigenvalue weighted by molar-refractivity contribution is 5.90. The van der Waals surface area contributed by atoms with Gasteiger partial charge in [-0.1, -0.05) is 42.5 Å². The molecule has 0 aliphatic rings. The number of guanidine groups is 1. The van der Waals surface area contributed by atoms with E-state index in [1.165, 1.54) is 16.3 Å². The van der Waals surface area contributed by atoms with Gasteiger partial charge >= 0.3 is 0 Å². The van der Waals surface area contributed by atoms with Crippen LogP contribution in [0.25, 0.3) is 10.8 Å². The summed E-state index contributed by atoms with van der Waals surface area (Å²) >= 11 is 0. The first-order valence-corrected chi connectivity index (χ1v) is 8.42. The van der Waals surface area contributed by atoms with Crippen LogP contribution < -0.4 is 16.4 Å². The Morgan fingerprint density at radius 2 is 1.92 bits per heavy atom. The van der Waals surface area contributed by atoms with E-state index < -0.39 is 5.91 Å². The van der Waals surface area contributed by atoms with Crippen LogP contribution in [0.2, 0.25) is 0 Å². The number of hydrogen-bond acceptors (Lipinski definition) is 3. The zero-order valence-corrected chi connectivity index (χ0v) is 14.8. The number of nitrogens with two attached hydrogens (primary N) is 1. The largest absolute Gasteiger partial charge is 0.454 e. The van der Waals surface area contributed by atoms with Gasteiger partial charge in [-0.05, 0) is 35.4 Å². The van der Waals surface area contributed by atoms with Gasteiger partial charge in [-0.15, -0.1) is 0 Å². The molecule has 0 aliphatic carbocycles. The second-order valence-corrected chi connectivity index (χ2v) is 5.99. The van der Waals surface area contributed by atoms with E-state index in [4.69, 9.17) is 10.2 Å². The minimum absolute atomic E-state index is 0.0603. The number of benzene rings is 2. The number of amides is 1. The maximum atomic E-state index is 11.1. The van der Waals surface area contributed by atoms with Crippen LogP contribution in [0.1, 0.15) is 34.8 Å². The van der Waals surface area contributed by atoms with Gasteiger partial charge in [0.2, 0.25) is 0 Å². The summed E-state index contributed by atoms with van der Waals surface area (Å²) in [5.41, 5.74) is 6.39. The Kier molecular flexibility index (Phi) is 5.22. The molecule has 134 valence electrons. The minimum Gasteiger partial charge on any atom is -0.454 e. The van der Waals surface area contributed by atoms with Crippen molar-refractivity contribution in [3.8, 4) is 0 Å². The second kappa shape index (κ2) is 7.74. The number of rotatable bonds is 5. The molecule has 26 heavy (non-hydrogen) atoms. The van der Waals surface area contributed by atoms with Gasteiger partial charge in [-0.3, -0.25) is 9.79 Å². The van der Waals surface area contributed by atoms with Crippen LogP contribution >= 0.6 is 0 Å². The Bertz CT molecular complexity index is 940. The Hall–Kier alpha value is -3.28. The molecule has 0 spiro atoms. The molecule has 0 fully saturated rings. The molecule has 1 unspecified atom stereocenters. The predicted molar refractivity (Wildman–Crippen MR) is 103 cm³/mol. The van der Waals surface area contributed by atoms with Crippen LogP contribution in [0.4, 0.5) is 0 Å². The third-order valence-corrected chi connectivity index (χ3v) is 4.20. The van der Waals surface area contributed by atoms with E-state index in [2.05, 4.69) is 52.9 Å². The fourth-order valence-corrected chi connectivity index (χ4v) is 2.88. The molecule has 0 aliphatic heterocycles. The average molecular weight is 350 g/mol. The van der Waals surface area contributed by atoms with Gasteiger partial charge in [0.1, 0.15) is 5.76 Å². The van der Waals surface area contributed by atoms with Gasteiger partial charge in [0.15, 0.2) is 11.7 Å². The number of furan rings is 1. The van der Waals surface area contributed by atoms with Gasteiger partial charge < -0.3 is 20.8 Å². The number of carbonyl (C=O) groups is 1. The molecule has 0 saturated heterocycles. The summed E-state index contributed by atoms with van der Waals surface area (Å²) in [6, 6.07) is 17.9. The van der Waals surface area contributed by atoms with E-state index >= 15 is 0 Å². The van der Waals surface area contributed by atoms with E-state index in [-0.39, 0.29) is 11.8 Å². The normalized spacial score (nSPS) is 12.8. The summed E-state index contributed by atoms with van der Waals surface area (Å²) in [6.45, 7) is 2.49. The zero-order valence-electron chi connectivity index (χ0n) is 14.8. The molecule has 3 rings (SSSR count). The number of aliphatic imine (C=N–C) groups is 1. The lowest BCUT2D eigenvalue weighted by Gasteiger charge is -2.19. The molecule has 6 heteroatoms. The highest BCUT2D eigenvalue weighted by Crippen LogP contribution is 2.23. The van der Waals surface area contributed by atoms with Crippen LogP contribution in [-0.2, 0) is 6.54 Å². The topological polar surface area (TPSA) is 92.6 Å². The highest BCUT2D eigenvalue weighted by Gasteiger charge is 2.12. The quantitative estimate of drug-likeness (QED) is 0.487. The number of hydrogen-bond donors (Lipinski definition) is 3. The summed E-state index contributed by atoms with van der Waals surface area (Å²) in [7, 11) is 1.71. The SMILES string of the molecule is CN=C(NCc1ccc(C(N)=O)o1)NC(C)c1cccc2ccccc12. The zero-order chi connectivity index (χ0) is 18.5. The molecule has 4 N–H and O–H groups in total. The number of carbonyl (C=O) groups excluding carboxylic acids is 1. The summed E-state index contributed by atoms with van der Waals surface area (Å²) in [6.07, 6.45) is 0. The third-order valence-electron chi connectivity index (χ3n) is 4.20. The fraction of sp³-hybridized carbons (Fsp3) is 0.200. The van der Waals surface area contributed by atoms with E-state index in [9.17, 15) is 4.79 Å². The first-order valence-electron chi connectivity index (χ1n) is 8.42. The summed E-state index contributed by atoms with van der Waals surface area (Å²) in [5.74, 6) is 0.819. The van der Waals surface area contributed by atoms with E-state index in [1.54, 1.807) is 19.2 Å². The number of primary amides is 1. The van der Waals surface area contributed by atoms with Crippen LogP contribution in [0, 0.1) is 0 Å². The van der Waals surface area contributed by atoms with Crippen molar-refractivity contribution >= 4 is 22.6 Å². The van der Waals surface area contributed by atoms with Crippen LogP contribution in [-0.4, -0.2) is 18.9 Å². The average Bonchev–Trinajstić information content (AvgIpc) is 3.14. The van der Waals surface area contributed by atoms with Crippen molar-refractivity contribution in [1.82, 2.24) is 10.6 Å².